The van der Waals surface area contributed by atoms with E-state index in [4.69, 9.17) is 0 Å². The van der Waals surface area contributed by atoms with Crippen LogP contribution in [0.5, 0.6) is 0 Å². The molecule has 6 nitrogen and oxygen atoms in total. The van der Waals surface area contributed by atoms with Crippen LogP contribution in [0.15, 0.2) is 47.4 Å². The van der Waals surface area contributed by atoms with Gasteiger partial charge in [-0.3, -0.25) is 4.79 Å². The number of benzene rings is 2. The molecular formula is C21H30N3O3S+. The highest BCUT2D eigenvalue weighted by Crippen LogP contribution is 2.28. The van der Waals surface area contributed by atoms with E-state index in [0.717, 1.165) is 17.3 Å². The van der Waals surface area contributed by atoms with Gasteiger partial charge in [-0.1, -0.05) is 37.3 Å². The van der Waals surface area contributed by atoms with Gasteiger partial charge in [0.25, 0.3) is 0 Å². The van der Waals surface area contributed by atoms with Gasteiger partial charge in [-0.05, 0) is 35.7 Å². The SMILES string of the molecule is C[C@H](CNC(=O)[C@@H]1CCCN1S(=O)(=O)c1ccc2ccccc2c1)C[NH+](C)C. The molecule has 1 heterocycles. The first-order chi connectivity index (χ1) is 13.3. The molecule has 152 valence electrons. The van der Waals surface area contributed by atoms with Crippen LogP contribution in [0.2, 0.25) is 0 Å². The van der Waals surface area contributed by atoms with Crippen LogP contribution in [0.4, 0.5) is 0 Å². The molecule has 0 spiro atoms. The molecule has 7 heteroatoms. The minimum atomic E-state index is -3.71. The van der Waals surface area contributed by atoms with Gasteiger partial charge in [0.05, 0.1) is 25.5 Å². The van der Waals surface area contributed by atoms with Gasteiger partial charge in [-0.25, -0.2) is 8.42 Å². The number of rotatable bonds is 7. The van der Waals surface area contributed by atoms with Crippen molar-refractivity contribution in [3.05, 3.63) is 42.5 Å². The summed E-state index contributed by atoms with van der Waals surface area (Å²) in [4.78, 5) is 14.3. The van der Waals surface area contributed by atoms with Crippen molar-refractivity contribution in [3.8, 4) is 0 Å². The second-order valence-electron chi connectivity index (χ2n) is 8.04. The Bertz CT molecular complexity index is 943. The summed E-state index contributed by atoms with van der Waals surface area (Å²) in [5.41, 5.74) is 0. The lowest BCUT2D eigenvalue weighted by molar-refractivity contribution is -0.861. The van der Waals surface area contributed by atoms with Crippen LogP contribution in [-0.2, 0) is 14.8 Å². The van der Waals surface area contributed by atoms with E-state index in [0.29, 0.717) is 31.8 Å². The second-order valence-corrected chi connectivity index (χ2v) is 9.93. The Morgan fingerprint density at radius 1 is 1.21 bits per heavy atom. The second kappa shape index (κ2) is 8.59. The van der Waals surface area contributed by atoms with E-state index in [2.05, 4.69) is 26.3 Å². The third-order valence-electron chi connectivity index (χ3n) is 5.22. The molecule has 1 amide bonds. The average molecular weight is 405 g/mol. The van der Waals surface area contributed by atoms with Crippen LogP contribution in [-0.4, -0.2) is 58.4 Å². The highest BCUT2D eigenvalue weighted by molar-refractivity contribution is 7.89. The van der Waals surface area contributed by atoms with Crippen LogP contribution in [0.1, 0.15) is 19.8 Å². The van der Waals surface area contributed by atoms with Gasteiger partial charge in [0.2, 0.25) is 15.9 Å². The smallest absolute Gasteiger partial charge is 0.243 e. The van der Waals surface area contributed by atoms with Crippen molar-refractivity contribution >= 4 is 26.7 Å². The summed E-state index contributed by atoms with van der Waals surface area (Å²) in [6.45, 7) is 3.98. The number of hydrogen-bond acceptors (Lipinski definition) is 3. The Hall–Kier alpha value is -1.96. The number of carbonyl (C=O) groups is 1. The number of sulfonamides is 1. The van der Waals surface area contributed by atoms with Crippen LogP contribution in [0, 0.1) is 5.92 Å². The third kappa shape index (κ3) is 4.54. The highest BCUT2D eigenvalue weighted by Gasteiger charge is 2.39. The van der Waals surface area contributed by atoms with Crippen LogP contribution >= 0.6 is 0 Å². The largest absolute Gasteiger partial charge is 0.354 e. The number of carbonyl (C=O) groups excluding carboxylic acids is 1. The summed E-state index contributed by atoms with van der Waals surface area (Å²) in [6.07, 6.45) is 1.26. The predicted octanol–water partition coefficient (Wildman–Crippen LogP) is 0.890. The number of fused-ring (bicyclic) bond motifs is 1. The zero-order chi connectivity index (χ0) is 20.3. The zero-order valence-corrected chi connectivity index (χ0v) is 17.6. The molecule has 1 aliphatic heterocycles. The standard InChI is InChI=1S/C21H29N3O3S/c1-16(15-23(2)3)14-22-21(25)20-9-6-12-24(20)28(26,27)19-11-10-17-7-4-5-8-18(17)13-19/h4-5,7-8,10-11,13,16,20H,6,9,12,14-15H2,1-3H3,(H,22,25)/p+1/t16-,20+/m1/s1. The van der Waals surface area contributed by atoms with E-state index < -0.39 is 16.1 Å². The van der Waals surface area contributed by atoms with Crippen molar-refractivity contribution in [2.45, 2.75) is 30.7 Å². The summed E-state index contributed by atoms with van der Waals surface area (Å²) in [5.74, 6) is 0.142. The molecular weight excluding hydrogens is 374 g/mol. The fourth-order valence-electron chi connectivity index (χ4n) is 3.91. The average Bonchev–Trinajstić information content (AvgIpc) is 3.16. The molecule has 2 N–H and O–H groups in total. The van der Waals surface area contributed by atoms with E-state index in [1.807, 2.05) is 30.3 Å². The first kappa shape index (κ1) is 20.8. The Balaban J connectivity index is 1.75. The first-order valence-corrected chi connectivity index (χ1v) is 11.3. The number of nitrogens with one attached hydrogen (secondary N) is 2. The van der Waals surface area contributed by atoms with E-state index >= 15 is 0 Å². The van der Waals surface area contributed by atoms with Crippen LogP contribution < -0.4 is 10.2 Å². The number of quaternary nitrogens is 1. The zero-order valence-electron chi connectivity index (χ0n) is 16.8. The number of amides is 1. The molecule has 28 heavy (non-hydrogen) atoms. The maximum absolute atomic E-state index is 13.2. The monoisotopic (exact) mass is 404 g/mol. The Labute approximate surface area is 167 Å². The lowest BCUT2D eigenvalue weighted by atomic mass is 10.1. The van der Waals surface area contributed by atoms with Gasteiger partial charge in [0.15, 0.2) is 0 Å². The molecule has 0 bridgehead atoms. The van der Waals surface area contributed by atoms with Gasteiger partial charge < -0.3 is 10.2 Å². The Morgan fingerprint density at radius 2 is 1.93 bits per heavy atom. The maximum atomic E-state index is 13.2. The van der Waals surface area contributed by atoms with Gasteiger partial charge in [-0.15, -0.1) is 0 Å². The van der Waals surface area contributed by atoms with Gasteiger partial charge >= 0.3 is 0 Å². The van der Waals surface area contributed by atoms with Crippen LogP contribution in [0.25, 0.3) is 10.8 Å². The van der Waals surface area contributed by atoms with E-state index in [-0.39, 0.29) is 10.8 Å². The normalized spacial score (nSPS) is 19.2. The van der Waals surface area contributed by atoms with E-state index in [9.17, 15) is 13.2 Å². The molecule has 3 rings (SSSR count). The summed E-state index contributed by atoms with van der Waals surface area (Å²) in [6, 6.07) is 12.2. The molecule has 1 aliphatic rings. The highest BCUT2D eigenvalue weighted by atomic mass is 32.2. The van der Waals surface area contributed by atoms with Gasteiger partial charge in [0.1, 0.15) is 6.04 Å². The quantitative estimate of drug-likeness (QED) is 0.720. The Morgan fingerprint density at radius 3 is 2.64 bits per heavy atom. The lowest BCUT2D eigenvalue weighted by Crippen LogP contribution is -3.06. The van der Waals surface area contributed by atoms with Crippen molar-refractivity contribution in [2.24, 2.45) is 5.92 Å². The van der Waals surface area contributed by atoms with E-state index in [1.165, 1.54) is 9.21 Å². The molecule has 0 aliphatic carbocycles. The van der Waals surface area contributed by atoms with Crippen molar-refractivity contribution in [3.63, 3.8) is 0 Å². The summed E-state index contributed by atoms with van der Waals surface area (Å²) in [5, 5.41) is 4.83. The Kier molecular flexibility index (Phi) is 6.37. The maximum Gasteiger partial charge on any atom is 0.243 e. The fourth-order valence-corrected chi connectivity index (χ4v) is 5.61. The minimum Gasteiger partial charge on any atom is -0.354 e. The van der Waals surface area contributed by atoms with Crippen molar-refractivity contribution in [2.75, 3.05) is 33.7 Å². The van der Waals surface area contributed by atoms with Crippen LogP contribution in [0.3, 0.4) is 0 Å². The van der Waals surface area contributed by atoms with Crippen molar-refractivity contribution in [1.82, 2.24) is 9.62 Å². The summed E-state index contributed by atoms with van der Waals surface area (Å²) < 4.78 is 27.8. The van der Waals surface area contributed by atoms with Gasteiger partial charge in [-0.2, -0.15) is 4.31 Å². The predicted molar refractivity (Wildman–Crippen MR) is 111 cm³/mol. The third-order valence-corrected chi connectivity index (χ3v) is 7.12. The van der Waals surface area contributed by atoms with Crippen molar-refractivity contribution in [1.29, 1.82) is 0 Å². The molecule has 2 aromatic rings. The molecule has 0 aromatic heterocycles. The van der Waals surface area contributed by atoms with Crippen molar-refractivity contribution < 1.29 is 18.1 Å². The topological polar surface area (TPSA) is 70.9 Å². The van der Waals surface area contributed by atoms with E-state index in [1.54, 1.807) is 12.1 Å². The molecule has 2 atom stereocenters. The molecule has 0 radical (unpaired) electrons. The van der Waals surface area contributed by atoms with Gasteiger partial charge in [0, 0.05) is 19.0 Å². The number of hydrogen-bond donors (Lipinski definition) is 2. The molecule has 1 saturated heterocycles. The molecule has 0 saturated carbocycles. The number of nitrogens with zero attached hydrogens (tertiary/aromatic N) is 1. The summed E-state index contributed by atoms with van der Waals surface area (Å²) >= 11 is 0. The lowest BCUT2D eigenvalue weighted by Gasteiger charge is -2.24. The molecule has 1 fully saturated rings. The summed E-state index contributed by atoms with van der Waals surface area (Å²) in [7, 11) is 0.440. The first-order valence-electron chi connectivity index (χ1n) is 9.86. The molecule has 0 unspecified atom stereocenters. The minimum absolute atomic E-state index is 0.192. The molecule has 2 aromatic carbocycles. The fraction of sp³-hybridized carbons (Fsp3) is 0.476.